The normalized spacial score (nSPS) is 13.5. The van der Waals surface area contributed by atoms with E-state index in [9.17, 15) is 0 Å². The fourth-order valence-corrected chi connectivity index (χ4v) is 2.57. The summed E-state index contributed by atoms with van der Waals surface area (Å²) in [6, 6.07) is 11.9. The van der Waals surface area contributed by atoms with Crippen molar-refractivity contribution in [3.05, 3.63) is 53.9 Å². The first-order valence-electron chi connectivity index (χ1n) is 7.01. The highest BCUT2D eigenvalue weighted by Gasteiger charge is 2.23. The third-order valence-electron chi connectivity index (χ3n) is 3.74. The zero-order chi connectivity index (χ0) is 15.2. The van der Waals surface area contributed by atoms with Crippen molar-refractivity contribution < 1.29 is 9.47 Å². The van der Waals surface area contributed by atoms with Crippen LogP contribution in [0.5, 0.6) is 11.5 Å². The zero-order valence-corrected chi connectivity index (χ0v) is 13.0. The summed E-state index contributed by atoms with van der Waals surface area (Å²) in [4.78, 5) is 4.46. The number of aromatic nitrogens is 1. The van der Waals surface area contributed by atoms with Crippen molar-refractivity contribution in [1.29, 1.82) is 0 Å². The second kappa shape index (κ2) is 7.09. The molecular formula is C17H22N2O2. The highest BCUT2D eigenvalue weighted by atomic mass is 16.5. The van der Waals surface area contributed by atoms with Crippen molar-refractivity contribution in [2.75, 3.05) is 21.3 Å². The van der Waals surface area contributed by atoms with E-state index in [1.807, 2.05) is 49.6 Å². The maximum Gasteiger partial charge on any atom is 0.123 e. The Kier molecular flexibility index (Phi) is 5.17. The summed E-state index contributed by atoms with van der Waals surface area (Å²) < 4.78 is 10.8. The minimum absolute atomic E-state index is 0.0879. The lowest BCUT2D eigenvalue weighted by molar-refractivity contribution is 0.384. The van der Waals surface area contributed by atoms with Gasteiger partial charge >= 0.3 is 0 Å². The van der Waals surface area contributed by atoms with E-state index < -0.39 is 0 Å². The molecule has 2 rings (SSSR count). The van der Waals surface area contributed by atoms with Crippen LogP contribution in [0.1, 0.15) is 30.1 Å². The molecule has 1 aromatic heterocycles. The molecule has 0 aliphatic rings. The van der Waals surface area contributed by atoms with Gasteiger partial charge in [-0.15, -0.1) is 0 Å². The van der Waals surface area contributed by atoms with Crippen LogP contribution >= 0.6 is 0 Å². The molecule has 1 N–H and O–H groups in total. The van der Waals surface area contributed by atoms with Gasteiger partial charge in [-0.25, -0.2) is 0 Å². The van der Waals surface area contributed by atoms with E-state index in [1.54, 1.807) is 14.2 Å². The molecule has 0 bridgehead atoms. The smallest absolute Gasteiger partial charge is 0.123 e. The van der Waals surface area contributed by atoms with E-state index in [0.717, 1.165) is 22.8 Å². The molecule has 0 radical (unpaired) electrons. The summed E-state index contributed by atoms with van der Waals surface area (Å²) in [6.45, 7) is 2.16. The number of methoxy groups -OCH3 is 2. The van der Waals surface area contributed by atoms with Gasteiger partial charge in [-0.1, -0.05) is 13.0 Å². The average molecular weight is 286 g/mol. The number of hydrogen-bond acceptors (Lipinski definition) is 4. The Morgan fingerprint density at radius 2 is 1.90 bits per heavy atom. The number of benzene rings is 1. The van der Waals surface area contributed by atoms with E-state index in [4.69, 9.17) is 9.47 Å². The minimum atomic E-state index is 0.0879. The molecule has 0 aliphatic heterocycles. The van der Waals surface area contributed by atoms with Gasteiger partial charge in [0.2, 0.25) is 0 Å². The number of hydrogen-bond donors (Lipinski definition) is 1. The summed E-state index contributed by atoms with van der Waals surface area (Å²) in [5.41, 5.74) is 2.11. The minimum Gasteiger partial charge on any atom is -0.497 e. The molecule has 0 aliphatic carbocycles. The Labute approximate surface area is 126 Å². The number of pyridine rings is 1. The third kappa shape index (κ3) is 3.34. The molecule has 2 unspecified atom stereocenters. The van der Waals surface area contributed by atoms with Gasteiger partial charge in [-0.3, -0.25) is 4.98 Å². The molecule has 0 fully saturated rings. The highest BCUT2D eigenvalue weighted by Crippen LogP contribution is 2.36. The van der Waals surface area contributed by atoms with E-state index in [0.29, 0.717) is 0 Å². The molecule has 1 aromatic carbocycles. The van der Waals surface area contributed by atoms with Crippen LogP contribution in [0.15, 0.2) is 42.6 Å². The van der Waals surface area contributed by atoms with Crippen molar-refractivity contribution in [2.45, 2.75) is 18.9 Å². The number of rotatable bonds is 6. The van der Waals surface area contributed by atoms with E-state index >= 15 is 0 Å². The summed E-state index contributed by atoms with van der Waals surface area (Å²) in [5.74, 6) is 1.87. The van der Waals surface area contributed by atoms with Crippen molar-refractivity contribution in [1.82, 2.24) is 10.3 Å². The van der Waals surface area contributed by atoms with Gasteiger partial charge in [0, 0.05) is 29.4 Å². The maximum atomic E-state index is 5.50. The number of nitrogens with one attached hydrogen (secondary N) is 1. The quantitative estimate of drug-likeness (QED) is 0.886. The Bertz CT molecular complexity index is 572. The van der Waals surface area contributed by atoms with Crippen LogP contribution < -0.4 is 14.8 Å². The molecular weight excluding hydrogens is 264 g/mol. The summed E-state index contributed by atoms with van der Waals surface area (Å²) in [5, 5.41) is 3.37. The van der Waals surface area contributed by atoms with Gasteiger partial charge < -0.3 is 14.8 Å². The first kappa shape index (κ1) is 15.3. The maximum absolute atomic E-state index is 5.50. The Hall–Kier alpha value is -2.07. The van der Waals surface area contributed by atoms with Crippen molar-refractivity contribution in [2.24, 2.45) is 0 Å². The second-order valence-electron chi connectivity index (χ2n) is 4.92. The van der Waals surface area contributed by atoms with E-state index in [1.165, 1.54) is 0 Å². The Balaban J connectivity index is 2.41. The summed E-state index contributed by atoms with van der Waals surface area (Å²) in [7, 11) is 5.30. The lowest BCUT2D eigenvalue weighted by Crippen LogP contribution is -2.23. The lowest BCUT2D eigenvalue weighted by Gasteiger charge is -2.25. The first-order valence-corrected chi connectivity index (χ1v) is 7.01. The Morgan fingerprint density at radius 1 is 1.10 bits per heavy atom. The summed E-state index contributed by atoms with van der Waals surface area (Å²) >= 11 is 0. The van der Waals surface area contributed by atoms with Crippen LogP contribution in [0, 0.1) is 0 Å². The van der Waals surface area contributed by atoms with E-state index in [-0.39, 0.29) is 12.0 Å². The number of likely N-dealkylation sites (N-methyl/N-ethyl adjacent to an activating group) is 1. The Morgan fingerprint density at radius 3 is 2.48 bits per heavy atom. The molecule has 0 amide bonds. The predicted octanol–water partition coefficient (Wildman–Crippen LogP) is 3.16. The molecule has 21 heavy (non-hydrogen) atoms. The average Bonchev–Trinajstić information content (AvgIpc) is 2.56. The number of nitrogens with zero attached hydrogens (tertiary/aromatic N) is 1. The lowest BCUT2D eigenvalue weighted by atomic mass is 9.91. The number of ether oxygens (including phenoxy) is 2. The van der Waals surface area contributed by atoms with Crippen molar-refractivity contribution in [3.8, 4) is 11.5 Å². The second-order valence-corrected chi connectivity index (χ2v) is 4.92. The molecule has 1 heterocycles. The van der Waals surface area contributed by atoms with Crippen LogP contribution in [0.2, 0.25) is 0 Å². The third-order valence-corrected chi connectivity index (χ3v) is 3.74. The SMILES string of the molecule is CNC(c1cc(OC)ccc1OC)C(C)c1ccccn1. The largest absolute Gasteiger partial charge is 0.497 e. The fourth-order valence-electron chi connectivity index (χ4n) is 2.57. The van der Waals surface area contributed by atoms with Gasteiger partial charge in [-0.2, -0.15) is 0 Å². The molecule has 0 spiro atoms. The van der Waals surface area contributed by atoms with Crippen LogP contribution in [0.25, 0.3) is 0 Å². The van der Waals surface area contributed by atoms with Gasteiger partial charge in [0.1, 0.15) is 11.5 Å². The zero-order valence-electron chi connectivity index (χ0n) is 13.0. The van der Waals surface area contributed by atoms with Gasteiger partial charge in [0.25, 0.3) is 0 Å². The first-order chi connectivity index (χ1) is 10.2. The van der Waals surface area contributed by atoms with Crippen molar-refractivity contribution in [3.63, 3.8) is 0 Å². The van der Waals surface area contributed by atoms with Crippen LogP contribution in [0.3, 0.4) is 0 Å². The van der Waals surface area contributed by atoms with Gasteiger partial charge in [-0.05, 0) is 37.4 Å². The molecule has 2 aromatic rings. The topological polar surface area (TPSA) is 43.4 Å². The monoisotopic (exact) mass is 286 g/mol. The molecule has 0 saturated heterocycles. The van der Waals surface area contributed by atoms with Crippen molar-refractivity contribution >= 4 is 0 Å². The molecule has 4 nitrogen and oxygen atoms in total. The molecule has 112 valence electrons. The molecule has 0 saturated carbocycles. The van der Waals surface area contributed by atoms with E-state index in [2.05, 4.69) is 17.2 Å². The fraction of sp³-hybridized carbons (Fsp3) is 0.353. The van der Waals surface area contributed by atoms with Crippen LogP contribution in [-0.2, 0) is 0 Å². The molecule has 2 atom stereocenters. The van der Waals surface area contributed by atoms with Gasteiger partial charge in [0.15, 0.2) is 0 Å². The highest BCUT2D eigenvalue weighted by molar-refractivity contribution is 5.43. The standard InChI is InChI=1S/C17H22N2O2/c1-12(15-7-5-6-10-19-15)17(18-2)14-11-13(20-3)8-9-16(14)21-4/h5-12,17-18H,1-4H3. The van der Waals surface area contributed by atoms with Crippen LogP contribution in [-0.4, -0.2) is 26.3 Å². The predicted molar refractivity (Wildman–Crippen MR) is 84.0 cm³/mol. The summed E-state index contributed by atoms with van der Waals surface area (Å²) in [6.07, 6.45) is 1.82. The van der Waals surface area contributed by atoms with Crippen LogP contribution in [0.4, 0.5) is 0 Å². The molecule has 4 heteroatoms. The van der Waals surface area contributed by atoms with Gasteiger partial charge in [0.05, 0.1) is 14.2 Å².